The molecule has 0 radical (unpaired) electrons. The number of carbonyl (C=O) groups is 1. The minimum absolute atomic E-state index is 0.225. The van der Waals surface area contributed by atoms with Gasteiger partial charge < -0.3 is 9.47 Å². The minimum Gasteiger partial charge on any atom is -0.461 e. The number of hydrogen-bond donors (Lipinski definition) is 0. The summed E-state index contributed by atoms with van der Waals surface area (Å²) < 4.78 is 11.0. The van der Waals surface area contributed by atoms with Crippen LogP contribution in [0.4, 0.5) is 0 Å². The molecule has 2 aromatic carbocycles. The molecule has 1 heterocycles. The largest absolute Gasteiger partial charge is 0.461 e. The molecule has 2 aliphatic carbocycles. The molecule has 0 bridgehead atoms. The number of nitrogens with zero attached hydrogens (tertiary/aromatic N) is 1. The fourth-order valence-corrected chi connectivity index (χ4v) is 4.37. The van der Waals surface area contributed by atoms with Gasteiger partial charge in [-0.25, -0.2) is 4.79 Å². The van der Waals surface area contributed by atoms with Crippen molar-refractivity contribution in [2.75, 3.05) is 39.5 Å². The van der Waals surface area contributed by atoms with Crippen molar-refractivity contribution >= 4 is 28.4 Å². The van der Waals surface area contributed by atoms with Crippen LogP contribution in [0.3, 0.4) is 0 Å². The van der Waals surface area contributed by atoms with E-state index in [1.807, 2.05) is 6.07 Å². The van der Waals surface area contributed by atoms with Crippen LogP contribution in [0.15, 0.2) is 36.4 Å². The van der Waals surface area contributed by atoms with Gasteiger partial charge >= 0.3 is 5.97 Å². The van der Waals surface area contributed by atoms with Crippen molar-refractivity contribution < 1.29 is 14.3 Å². The topological polar surface area (TPSA) is 38.8 Å². The fourth-order valence-electron chi connectivity index (χ4n) is 4.37. The molecule has 0 saturated carbocycles. The maximum Gasteiger partial charge on any atom is 0.338 e. The molecule has 0 amide bonds. The molecule has 4 nitrogen and oxygen atoms in total. The highest BCUT2D eigenvalue weighted by Gasteiger charge is 2.23. The van der Waals surface area contributed by atoms with Gasteiger partial charge in [-0.2, -0.15) is 0 Å². The lowest BCUT2D eigenvalue weighted by molar-refractivity contribution is 0.0196. The molecule has 0 N–H and O–H groups in total. The van der Waals surface area contributed by atoms with E-state index < -0.39 is 0 Å². The second-order valence-corrected chi connectivity index (χ2v) is 7.35. The van der Waals surface area contributed by atoms with Crippen LogP contribution in [0.25, 0.3) is 22.4 Å². The summed E-state index contributed by atoms with van der Waals surface area (Å²) in [6.45, 7) is 4.51. The summed E-state index contributed by atoms with van der Waals surface area (Å²) >= 11 is 0. The maximum absolute atomic E-state index is 12.8. The lowest BCUT2D eigenvalue weighted by atomic mass is 9.80. The van der Waals surface area contributed by atoms with Crippen LogP contribution < -0.4 is 0 Å². The molecule has 27 heavy (non-hydrogen) atoms. The smallest absolute Gasteiger partial charge is 0.338 e. The van der Waals surface area contributed by atoms with Crippen molar-refractivity contribution in [2.45, 2.75) is 12.8 Å². The SMILES string of the molecule is O=C(OCCN1CCOCC1)c1ccc2c3c4c(ccc13)C=CCC4=CC2. The second kappa shape index (κ2) is 6.95. The fraction of sp³-hybridized carbons (Fsp3) is 0.348. The van der Waals surface area contributed by atoms with Crippen molar-refractivity contribution in [3.05, 3.63) is 58.7 Å². The first-order valence-electron chi connectivity index (χ1n) is 9.73. The van der Waals surface area contributed by atoms with E-state index in [9.17, 15) is 4.79 Å². The van der Waals surface area contributed by atoms with Crippen molar-refractivity contribution in [1.82, 2.24) is 4.90 Å². The molecular formula is C23H23NO3. The van der Waals surface area contributed by atoms with E-state index >= 15 is 0 Å². The van der Waals surface area contributed by atoms with Gasteiger partial charge in [0.2, 0.25) is 0 Å². The van der Waals surface area contributed by atoms with Gasteiger partial charge in [-0.1, -0.05) is 36.4 Å². The van der Waals surface area contributed by atoms with Gasteiger partial charge in [0.1, 0.15) is 6.61 Å². The Morgan fingerprint density at radius 1 is 1.11 bits per heavy atom. The number of rotatable bonds is 4. The monoisotopic (exact) mass is 361 g/mol. The van der Waals surface area contributed by atoms with Gasteiger partial charge in [-0.3, -0.25) is 4.90 Å². The standard InChI is InChI=1S/C23H23NO3/c25-23(27-15-12-24-10-13-26-14-11-24)20-9-7-18-5-4-16-2-1-3-17-6-8-19(20)22(18)21(16)17/h1,3-4,6-9H,2,5,10-15H2. The molecule has 0 aromatic heterocycles. The van der Waals surface area contributed by atoms with Gasteiger partial charge in [0.15, 0.2) is 0 Å². The Balaban J connectivity index is 1.42. The number of ether oxygens (including phenoxy) is 2. The number of carbonyl (C=O) groups excluding carboxylic acids is 1. The third-order valence-corrected chi connectivity index (χ3v) is 5.79. The lowest BCUT2D eigenvalue weighted by Crippen LogP contribution is -2.38. The van der Waals surface area contributed by atoms with E-state index in [0.717, 1.165) is 51.1 Å². The van der Waals surface area contributed by atoms with Gasteiger partial charge in [-0.15, -0.1) is 0 Å². The average molecular weight is 361 g/mol. The van der Waals surface area contributed by atoms with E-state index in [2.05, 4.69) is 41.3 Å². The van der Waals surface area contributed by atoms with Crippen LogP contribution in [0.5, 0.6) is 0 Å². The van der Waals surface area contributed by atoms with E-state index in [0.29, 0.717) is 12.2 Å². The maximum atomic E-state index is 12.8. The highest BCUT2D eigenvalue weighted by Crippen LogP contribution is 2.41. The summed E-state index contributed by atoms with van der Waals surface area (Å²) in [4.78, 5) is 15.1. The number of esters is 1. The van der Waals surface area contributed by atoms with E-state index in [1.54, 1.807) is 0 Å². The van der Waals surface area contributed by atoms with Gasteiger partial charge in [-0.05, 0) is 51.9 Å². The van der Waals surface area contributed by atoms with Crippen molar-refractivity contribution in [3.8, 4) is 0 Å². The Morgan fingerprint density at radius 2 is 2.00 bits per heavy atom. The first-order chi connectivity index (χ1) is 13.3. The molecule has 1 fully saturated rings. The molecule has 3 aliphatic rings. The molecule has 0 spiro atoms. The molecule has 1 aliphatic heterocycles. The highest BCUT2D eigenvalue weighted by atomic mass is 16.5. The van der Waals surface area contributed by atoms with E-state index in [1.165, 1.54) is 27.6 Å². The van der Waals surface area contributed by atoms with Crippen molar-refractivity contribution in [3.63, 3.8) is 0 Å². The molecular weight excluding hydrogens is 338 g/mol. The molecule has 4 heteroatoms. The third kappa shape index (κ3) is 2.99. The first kappa shape index (κ1) is 16.7. The summed E-state index contributed by atoms with van der Waals surface area (Å²) in [5.41, 5.74) is 5.90. The lowest BCUT2D eigenvalue weighted by Gasteiger charge is -2.26. The van der Waals surface area contributed by atoms with Gasteiger partial charge in [0.25, 0.3) is 0 Å². The average Bonchev–Trinajstić information content (AvgIpc) is 2.72. The van der Waals surface area contributed by atoms with Crippen LogP contribution in [0.1, 0.15) is 33.5 Å². The summed E-state index contributed by atoms with van der Waals surface area (Å²) in [5.74, 6) is -0.225. The number of morpholine rings is 1. The summed E-state index contributed by atoms with van der Waals surface area (Å²) in [6.07, 6.45) is 8.63. The minimum atomic E-state index is -0.225. The quantitative estimate of drug-likeness (QED) is 0.779. The molecule has 0 atom stereocenters. The predicted octanol–water partition coefficient (Wildman–Crippen LogP) is 3.69. The Morgan fingerprint density at radius 3 is 2.89 bits per heavy atom. The summed E-state index contributed by atoms with van der Waals surface area (Å²) in [5, 5.41) is 2.25. The molecule has 2 aromatic rings. The Labute approximate surface area is 159 Å². The third-order valence-electron chi connectivity index (χ3n) is 5.79. The van der Waals surface area contributed by atoms with Crippen molar-refractivity contribution in [2.24, 2.45) is 0 Å². The Kier molecular flexibility index (Phi) is 4.30. The molecule has 5 rings (SSSR count). The van der Waals surface area contributed by atoms with Crippen LogP contribution in [0, 0.1) is 0 Å². The van der Waals surface area contributed by atoms with E-state index in [4.69, 9.17) is 9.47 Å². The van der Waals surface area contributed by atoms with E-state index in [-0.39, 0.29) is 5.97 Å². The Hall–Kier alpha value is -2.43. The zero-order valence-corrected chi connectivity index (χ0v) is 15.4. The molecule has 1 saturated heterocycles. The van der Waals surface area contributed by atoms with Crippen LogP contribution >= 0.6 is 0 Å². The normalized spacial score (nSPS) is 18.4. The first-order valence-corrected chi connectivity index (χ1v) is 9.73. The zero-order valence-electron chi connectivity index (χ0n) is 15.4. The second-order valence-electron chi connectivity index (χ2n) is 7.35. The summed E-state index contributed by atoms with van der Waals surface area (Å²) in [7, 11) is 0. The molecule has 138 valence electrons. The summed E-state index contributed by atoms with van der Waals surface area (Å²) in [6, 6.07) is 8.22. The Bertz CT molecular complexity index is 967. The number of hydrogen-bond acceptors (Lipinski definition) is 4. The zero-order chi connectivity index (χ0) is 18.2. The predicted molar refractivity (Wildman–Crippen MR) is 107 cm³/mol. The van der Waals surface area contributed by atoms with Gasteiger partial charge in [0, 0.05) is 19.6 Å². The number of allylic oxidation sites excluding steroid dienone is 3. The van der Waals surface area contributed by atoms with Gasteiger partial charge in [0.05, 0.1) is 18.8 Å². The number of benzene rings is 2. The van der Waals surface area contributed by atoms with Crippen LogP contribution in [-0.2, 0) is 15.9 Å². The van der Waals surface area contributed by atoms with Crippen LogP contribution in [-0.4, -0.2) is 50.3 Å². The van der Waals surface area contributed by atoms with Crippen LogP contribution in [0.2, 0.25) is 0 Å². The highest BCUT2D eigenvalue weighted by molar-refractivity contribution is 6.11. The molecule has 0 unspecified atom stereocenters. The van der Waals surface area contributed by atoms with Crippen molar-refractivity contribution in [1.29, 1.82) is 0 Å².